The monoisotopic (exact) mass is 147 g/mol. The molecule has 2 heterocycles. The van der Waals surface area contributed by atoms with Crippen molar-refractivity contribution in [1.29, 1.82) is 0 Å². The third-order valence-corrected chi connectivity index (χ3v) is 1.56. The van der Waals surface area contributed by atoms with Gasteiger partial charge in [-0.1, -0.05) is 0 Å². The summed E-state index contributed by atoms with van der Waals surface area (Å²) in [5.41, 5.74) is 1.83. The van der Waals surface area contributed by atoms with Crippen molar-refractivity contribution in [1.82, 2.24) is 9.97 Å². The molecule has 0 aliphatic heterocycles. The molecule has 0 spiro atoms. The normalized spacial score (nSPS) is 11.9. The number of hydrogen-bond donors (Lipinski definition) is 2. The van der Waals surface area contributed by atoms with Gasteiger partial charge in [-0.25, -0.2) is 0 Å². The molecule has 0 atom stereocenters. The van der Waals surface area contributed by atoms with Crippen LogP contribution in [0, 0.1) is 0 Å². The van der Waals surface area contributed by atoms with Gasteiger partial charge in [0.25, 0.3) is 0 Å². The molecule has 0 fully saturated rings. The molecule has 0 aliphatic carbocycles. The summed E-state index contributed by atoms with van der Waals surface area (Å²) < 4.78 is 7.82. The molecular formula is C9H10N2. The summed E-state index contributed by atoms with van der Waals surface area (Å²) in [6, 6.07) is 7.64. The third-order valence-electron chi connectivity index (χ3n) is 1.56. The Morgan fingerprint density at radius 2 is 1.64 bits per heavy atom. The van der Waals surface area contributed by atoms with Gasteiger partial charge >= 0.3 is 0 Å². The predicted molar refractivity (Wildman–Crippen MR) is 44.4 cm³/mol. The molecule has 0 saturated carbocycles. The fourth-order valence-corrected chi connectivity index (χ4v) is 1.04. The second-order valence-electron chi connectivity index (χ2n) is 2.40. The summed E-state index contributed by atoms with van der Waals surface area (Å²) in [6.07, 6.45) is 3.34. The Morgan fingerprint density at radius 3 is 2.00 bits per heavy atom. The molecular weight excluding hydrogens is 136 g/mol. The van der Waals surface area contributed by atoms with E-state index in [1.807, 2.05) is 36.7 Å². The Labute approximate surface area is 66.7 Å². The van der Waals surface area contributed by atoms with Crippen molar-refractivity contribution in [3.63, 3.8) is 0 Å². The van der Waals surface area contributed by atoms with Crippen LogP contribution in [-0.4, -0.2) is 9.97 Å². The maximum atomic E-state index is 7.82. The highest BCUT2D eigenvalue weighted by Gasteiger charge is 1.94. The molecule has 0 amide bonds. The Hall–Kier alpha value is -1.44. The van der Waals surface area contributed by atoms with Crippen molar-refractivity contribution in [2.75, 3.05) is 0 Å². The minimum atomic E-state index is -0.324. The quantitative estimate of drug-likeness (QED) is 0.650. The predicted octanol–water partition coefficient (Wildman–Crippen LogP) is 1.93. The van der Waals surface area contributed by atoms with Crippen LogP contribution in [0.25, 0.3) is 0 Å². The number of H-pyrrole nitrogens is 2. The van der Waals surface area contributed by atoms with Gasteiger partial charge in [-0.15, -0.1) is 0 Å². The molecule has 2 heteroatoms. The van der Waals surface area contributed by atoms with Gasteiger partial charge in [0.15, 0.2) is 0 Å². The van der Waals surface area contributed by atoms with E-state index in [1.165, 1.54) is 0 Å². The van der Waals surface area contributed by atoms with Crippen LogP contribution >= 0.6 is 0 Å². The average Bonchev–Trinajstić information content (AvgIpc) is 2.77. The second kappa shape index (κ2) is 2.66. The van der Waals surface area contributed by atoms with E-state index in [9.17, 15) is 0 Å². The van der Waals surface area contributed by atoms with E-state index in [4.69, 9.17) is 1.37 Å². The van der Waals surface area contributed by atoms with Crippen molar-refractivity contribution in [2.45, 2.75) is 6.40 Å². The Bertz CT molecular complexity index is 289. The molecule has 0 radical (unpaired) electrons. The fourth-order valence-electron chi connectivity index (χ4n) is 1.04. The van der Waals surface area contributed by atoms with Gasteiger partial charge in [0, 0.05) is 31.5 Å². The Morgan fingerprint density at radius 1 is 1.09 bits per heavy atom. The highest BCUT2D eigenvalue weighted by Crippen LogP contribution is 2.03. The van der Waals surface area contributed by atoms with Gasteiger partial charge in [0.2, 0.25) is 0 Å². The van der Waals surface area contributed by atoms with Gasteiger partial charge in [0.05, 0.1) is 0 Å². The van der Waals surface area contributed by atoms with Gasteiger partial charge in [-0.3, -0.25) is 0 Å². The molecule has 2 aromatic heterocycles. The van der Waals surface area contributed by atoms with Crippen LogP contribution in [0.3, 0.4) is 0 Å². The molecule has 0 saturated heterocycles. The lowest BCUT2D eigenvalue weighted by Gasteiger charge is -1.92. The highest BCUT2D eigenvalue weighted by molar-refractivity contribution is 5.15. The first kappa shape index (κ1) is 5.24. The standard InChI is InChI=1S/C9H10N2/c1-3-8(10-5-1)7-9-4-2-6-11-9/h1-6,10-11H,7H2/i7D. The number of aromatic nitrogens is 2. The van der Waals surface area contributed by atoms with Crippen molar-refractivity contribution in [3.05, 3.63) is 48.0 Å². The van der Waals surface area contributed by atoms with Gasteiger partial charge in [-0.05, 0) is 24.3 Å². The van der Waals surface area contributed by atoms with E-state index >= 15 is 0 Å². The minimum Gasteiger partial charge on any atom is -0.365 e. The van der Waals surface area contributed by atoms with Crippen molar-refractivity contribution in [3.8, 4) is 0 Å². The number of aromatic amines is 2. The van der Waals surface area contributed by atoms with Crippen LogP contribution in [0.4, 0.5) is 0 Å². The van der Waals surface area contributed by atoms with Crippen molar-refractivity contribution < 1.29 is 1.37 Å². The highest BCUT2D eigenvalue weighted by atomic mass is 14.7. The Balaban J connectivity index is 2.27. The van der Waals surface area contributed by atoms with Gasteiger partial charge in [0.1, 0.15) is 0 Å². The lowest BCUT2D eigenvalue weighted by atomic mass is 10.2. The number of nitrogens with one attached hydrogen (secondary N) is 2. The van der Waals surface area contributed by atoms with E-state index in [-0.39, 0.29) is 6.40 Å². The number of rotatable bonds is 2. The van der Waals surface area contributed by atoms with E-state index in [0.29, 0.717) is 0 Å². The lowest BCUT2D eigenvalue weighted by Crippen LogP contribution is -1.86. The summed E-state index contributed by atoms with van der Waals surface area (Å²) in [7, 11) is 0. The first-order valence-electron chi connectivity index (χ1n) is 4.14. The van der Waals surface area contributed by atoms with Crippen LogP contribution in [0.5, 0.6) is 0 Å². The van der Waals surface area contributed by atoms with Gasteiger partial charge < -0.3 is 9.97 Å². The molecule has 0 aliphatic rings. The van der Waals surface area contributed by atoms with E-state index in [1.54, 1.807) is 0 Å². The fraction of sp³-hybridized carbons (Fsp3) is 0.111. The summed E-state index contributed by atoms with van der Waals surface area (Å²) in [5, 5.41) is 0. The number of hydrogen-bond acceptors (Lipinski definition) is 0. The van der Waals surface area contributed by atoms with Crippen LogP contribution in [-0.2, 0) is 6.40 Å². The maximum absolute atomic E-state index is 7.82. The first-order chi connectivity index (χ1) is 5.88. The minimum absolute atomic E-state index is 0.324. The van der Waals surface area contributed by atoms with Crippen molar-refractivity contribution >= 4 is 0 Å². The SMILES string of the molecule is [2H]C(c1ccc[nH]1)c1ccc[nH]1. The van der Waals surface area contributed by atoms with E-state index in [2.05, 4.69) is 9.97 Å². The second-order valence-corrected chi connectivity index (χ2v) is 2.40. The topological polar surface area (TPSA) is 31.6 Å². The van der Waals surface area contributed by atoms with Gasteiger partial charge in [-0.2, -0.15) is 0 Å². The molecule has 0 aromatic carbocycles. The molecule has 2 aromatic rings. The van der Waals surface area contributed by atoms with Crippen LogP contribution in [0.1, 0.15) is 12.8 Å². The van der Waals surface area contributed by atoms with Crippen molar-refractivity contribution in [2.24, 2.45) is 0 Å². The van der Waals surface area contributed by atoms with Crippen LogP contribution in [0.2, 0.25) is 0 Å². The summed E-state index contributed by atoms with van der Waals surface area (Å²) >= 11 is 0. The van der Waals surface area contributed by atoms with E-state index < -0.39 is 0 Å². The van der Waals surface area contributed by atoms with E-state index in [0.717, 1.165) is 11.4 Å². The molecule has 0 unspecified atom stereocenters. The summed E-state index contributed by atoms with van der Waals surface area (Å²) in [6.45, 7) is 0. The molecule has 0 bridgehead atoms. The molecule has 2 rings (SSSR count). The zero-order valence-corrected chi connectivity index (χ0v) is 6.04. The lowest BCUT2D eigenvalue weighted by molar-refractivity contribution is 1.05. The first-order valence-corrected chi connectivity index (χ1v) is 3.57. The summed E-state index contributed by atoms with van der Waals surface area (Å²) in [5.74, 6) is 0. The maximum Gasteiger partial charge on any atom is 0.0397 e. The summed E-state index contributed by atoms with van der Waals surface area (Å²) in [4.78, 5) is 6.04. The molecule has 56 valence electrons. The molecule has 2 nitrogen and oxygen atoms in total. The smallest absolute Gasteiger partial charge is 0.0397 e. The zero-order chi connectivity index (χ0) is 8.39. The average molecular weight is 147 g/mol. The molecule has 2 N–H and O–H groups in total. The third kappa shape index (κ3) is 1.34. The largest absolute Gasteiger partial charge is 0.365 e. The van der Waals surface area contributed by atoms with Crippen LogP contribution < -0.4 is 0 Å². The zero-order valence-electron chi connectivity index (χ0n) is 7.04. The molecule has 11 heavy (non-hydrogen) atoms. The van der Waals surface area contributed by atoms with Crippen LogP contribution in [0.15, 0.2) is 36.7 Å². The Kier molecular flexibility index (Phi) is 1.27.